The van der Waals surface area contributed by atoms with Crippen molar-refractivity contribution in [2.75, 3.05) is 13.7 Å². The summed E-state index contributed by atoms with van der Waals surface area (Å²) in [7, 11) is 1.65. The Hall–Kier alpha value is -2.08. The van der Waals surface area contributed by atoms with E-state index in [1.54, 1.807) is 7.05 Å². The van der Waals surface area contributed by atoms with E-state index in [0.29, 0.717) is 13.2 Å². The van der Waals surface area contributed by atoms with Crippen molar-refractivity contribution in [3.63, 3.8) is 0 Å². The van der Waals surface area contributed by atoms with E-state index in [9.17, 15) is 9.59 Å². The molecule has 0 radical (unpaired) electrons. The van der Waals surface area contributed by atoms with Crippen LogP contribution in [0.25, 0.3) is 0 Å². The molecule has 6 heteroatoms. The van der Waals surface area contributed by atoms with Gasteiger partial charge in [0.05, 0.1) is 12.6 Å². The first-order valence-corrected chi connectivity index (χ1v) is 6.88. The Labute approximate surface area is 124 Å². The maximum Gasteiger partial charge on any atom is 0.303 e. The predicted octanol–water partition coefficient (Wildman–Crippen LogP) is 1.24. The van der Waals surface area contributed by atoms with Crippen LogP contribution in [0.2, 0.25) is 0 Å². The Bertz CT molecular complexity index is 473. The third-order valence-corrected chi connectivity index (χ3v) is 3.02. The number of carbonyl (C=O) groups excluding carboxylic acids is 1. The molecule has 0 fully saturated rings. The van der Waals surface area contributed by atoms with Crippen LogP contribution < -0.4 is 10.5 Å². The van der Waals surface area contributed by atoms with Crippen LogP contribution in [0.4, 0.5) is 0 Å². The number of rotatable bonds is 8. The molecule has 1 rings (SSSR count). The third-order valence-electron chi connectivity index (χ3n) is 3.02. The summed E-state index contributed by atoms with van der Waals surface area (Å²) in [4.78, 5) is 24.0. The molecule has 1 unspecified atom stereocenters. The molecule has 0 aromatic heterocycles. The van der Waals surface area contributed by atoms with Crippen LogP contribution in [0.1, 0.15) is 25.3 Å². The quantitative estimate of drug-likeness (QED) is 0.752. The number of hydrogen-bond donors (Lipinski definition) is 2. The van der Waals surface area contributed by atoms with Crippen LogP contribution in [0.15, 0.2) is 24.3 Å². The summed E-state index contributed by atoms with van der Waals surface area (Å²) in [5.41, 5.74) is 6.67. The summed E-state index contributed by atoms with van der Waals surface area (Å²) in [5.74, 6) is -0.425. The van der Waals surface area contributed by atoms with Crippen LogP contribution in [0.3, 0.4) is 0 Å². The Balaban J connectivity index is 2.52. The van der Waals surface area contributed by atoms with Gasteiger partial charge in [-0.25, -0.2) is 0 Å². The molecule has 1 atom stereocenters. The SMILES string of the molecule is CCOc1ccc(CN(C)C(=O)C(N)CCC(=O)O)cc1. The number of aliphatic carboxylic acids is 1. The van der Waals surface area contributed by atoms with Gasteiger partial charge in [-0.2, -0.15) is 0 Å². The van der Waals surface area contributed by atoms with Gasteiger partial charge in [-0.1, -0.05) is 12.1 Å². The number of amides is 1. The minimum absolute atomic E-state index is 0.107. The first-order chi connectivity index (χ1) is 9.93. The van der Waals surface area contributed by atoms with Gasteiger partial charge >= 0.3 is 5.97 Å². The van der Waals surface area contributed by atoms with Crippen molar-refractivity contribution < 1.29 is 19.4 Å². The zero-order chi connectivity index (χ0) is 15.8. The summed E-state index contributed by atoms with van der Waals surface area (Å²) in [6.07, 6.45) is 0.0333. The molecule has 3 N–H and O–H groups in total. The fourth-order valence-electron chi connectivity index (χ4n) is 1.90. The smallest absolute Gasteiger partial charge is 0.303 e. The zero-order valence-corrected chi connectivity index (χ0v) is 12.4. The molecule has 0 aliphatic heterocycles. The number of carboxylic acid groups (broad SMARTS) is 1. The minimum atomic E-state index is -0.951. The van der Waals surface area contributed by atoms with Crippen molar-refractivity contribution in [3.8, 4) is 5.75 Å². The molecule has 21 heavy (non-hydrogen) atoms. The lowest BCUT2D eigenvalue weighted by molar-refractivity contribution is -0.137. The van der Waals surface area contributed by atoms with Crippen molar-refractivity contribution in [2.45, 2.75) is 32.4 Å². The molecular weight excluding hydrogens is 272 g/mol. The predicted molar refractivity (Wildman–Crippen MR) is 78.9 cm³/mol. The number of benzene rings is 1. The van der Waals surface area contributed by atoms with Gasteiger partial charge in [-0.05, 0) is 31.0 Å². The van der Waals surface area contributed by atoms with E-state index < -0.39 is 12.0 Å². The molecule has 0 heterocycles. The summed E-state index contributed by atoms with van der Waals surface area (Å²) < 4.78 is 5.35. The molecule has 0 spiro atoms. The van der Waals surface area contributed by atoms with Crippen molar-refractivity contribution in [1.29, 1.82) is 0 Å². The molecule has 6 nitrogen and oxygen atoms in total. The second-order valence-corrected chi connectivity index (χ2v) is 4.81. The normalized spacial score (nSPS) is 11.8. The molecule has 0 saturated carbocycles. The molecule has 1 aromatic carbocycles. The van der Waals surface area contributed by atoms with Gasteiger partial charge in [-0.3, -0.25) is 9.59 Å². The average Bonchev–Trinajstić information content (AvgIpc) is 2.46. The number of carboxylic acids is 1. The summed E-state index contributed by atoms with van der Waals surface area (Å²) in [6, 6.07) is 6.69. The molecule has 1 amide bonds. The molecule has 1 aromatic rings. The number of nitrogens with two attached hydrogens (primary N) is 1. The fraction of sp³-hybridized carbons (Fsp3) is 0.467. The van der Waals surface area contributed by atoms with Crippen molar-refractivity contribution in [1.82, 2.24) is 4.90 Å². The van der Waals surface area contributed by atoms with E-state index >= 15 is 0 Å². The van der Waals surface area contributed by atoms with Gasteiger partial charge in [0.1, 0.15) is 5.75 Å². The minimum Gasteiger partial charge on any atom is -0.494 e. The van der Waals surface area contributed by atoms with E-state index in [1.165, 1.54) is 4.90 Å². The Morgan fingerprint density at radius 2 is 1.95 bits per heavy atom. The van der Waals surface area contributed by atoms with Crippen molar-refractivity contribution in [3.05, 3.63) is 29.8 Å². The highest BCUT2D eigenvalue weighted by molar-refractivity contribution is 5.82. The maximum absolute atomic E-state index is 12.0. The standard InChI is InChI=1S/C15H22N2O4/c1-3-21-12-6-4-11(5-7-12)10-17(2)15(20)13(16)8-9-14(18)19/h4-7,13H,3,8-10,16H2,1-2H3,(H,18,19). The number of nitrogens with zero attached hydrogens (tertiary/aromatic N) is 1. The monoisotopic (exact) mass is 294 g/mol. The largest absolute Gasteiger partial charge is 0.494 e. The van der Waals surface area contributed by atoms with Crippen LogP contribution in [0, 0.1) is 0 Å². The molecule has 0 saturated heterocycles. The molecule has 116 valence electrons. The molecule has 0 aliphatic carbocycles. The van der Waals surface area contributed by atoms with Crippen LogP contribution in [0.5, 0.6) is 5.75 Å². The number of ether oxygens (including phenoxy) is 1. The van der Waals surface area contributed by atoms with E-state index in [-0.39, 0.29) is 18.7 Å². The van der Waals surface area contributed by atoms with Crippen LogP contribution in [-0.4, -0.2) is 41.6 Å². The second-order valence-electron chi connectivity index (χ2n) is 4.81. The molecule has 0 bridgehead atoms. The first kappa shape index (κ1) is 17.0. The van der Waals surface area contributed by atoms with E-state index in [4.69, 9.17) is 15.6 Å². The van der Waals surface area contributed by atoms with Crippen molar-refractivity contribution >= 4 is 11.9 Å². The van der Waals surface area contributed by atoms with Gasteiger partial charge in [0, 0.05) is 20.0 Å². The van der Waals surface area contributed by atoms with Crippen LogP contribution in [-0.2, 0) is 16.1 Å². The lowest BCUT2D eigenvalue weighted by Gasteiger charge is -2.21. The Kier molecular flexibility index (Phi) is 6.68. The first-order valence-electron chi connectivity index (χ1n) is 6.88. The molecular formula is C15H22N2O4. The topological polar surface area (TPSA) is 92.9 Å². The number of hydrogen-bond acceptors (Lipinski definition) is 4. The number of likely N-dealkylation sites (N-methyl/N-ethyl adjacent to an activating group) is 1. The van der Waals surface area contributed by atoms with E-state index in [0.717, 1.165) is 11.3 Å². The average molecular weight is 294 g/mol. The summed E-state index contributed by atoms with van der Waals surface area (Å²) in [5, 5.41) is 8.60. The summed E-state index contributed by atoms with van der Waals surface area (Å²) in [6.45, 7) is 2.95. The van der Waals surface area contributed by atoms with Gasteiger partial charge in [0.2, 0.25) is 5.91 Å². The van der Waals surface area contributed by atoms with Gasteiger partial charge in [0.15, 0.2) is 0 Å². The third kappa shape index (κ3) is 5.83. The summed E-state index contributed by atoms with van der Waals surface area (Å²) >= 11 is 0. The van der Waals surface area contributed by atoms with Gasteiger partial charge in [0.25, 0.3) is 0 Å². The Morgan fingerprint density at radius 1 is 1.33 bits per heavy atom. The highest BCUT2D eigenvalue weighted by Gasteiger charge is 2.19. The zero-order valence-electron chi connectivity index (χ0n) is 12.4. The Morgan fingerprint density at radius 3 is 2.48 bits per heavy atom. The van der Waals surface area contributed by atoms with Crippen molar-refractivity contribution in [2.24, 2.45) is 5.73 Å². The lowest BCUT2D eigenvalue weighted by atomic mass is 10.1. The highest BCUT2D eigenvalue weighted by atomic mass is 16.5. The maximum atomic E-state index is 12.0. The lowest BCUT2D eigenvalue weighted by Crippen LogP contribution is -2.41. The highest BCUT2D eigenvalue weighted by Crippen LogP contribution is 2.13. The number of carbonyl (C=O) groups is 2. The fourth-order valence-corrected chi connectivity index (χ4v) is 1.90. The van der Waals surface area contributed by atoms with Gasteiger partial charge in [-0.15, -0.1) is 0 Å². The van der Waals surface area contributed by atoms with E-state index in [1.807, 2.05) is 31.2 Å². The van der Waals surface area contributed by atoms with Gasteiger partial charge < -0.3 is 20.5 Å². The molecule has 0 aliphatic rings. The second kappa shape index (κ2) is 8.26. The van der Waals surface area contributed by atoms with Crippen LogP contribution >= 0.6 is 0 Å². The van der Waals surface area contributed by atoms with E-state index in [2.05, 4.69) is 0 Å².